The SMILES string of the molecule is CC(C)CCOc1ccc(C(=O)NC(=S)Nc2ccccc2[N+](=O)[O-])cc1. The van der Waals surface area contributed by atoms with Gasteiger partial charge in [-0.15, -0.1) is 0 Å². The van der Waals surface area contributed by atoms with Gasteiger partial charge >= 0.3 is 0 Å². The molecular weight excluding hydrogens is 366 g/mol. The zero-order valence-corrected chi connectivity index (χ0v) is 15.9. The number of amides is 1. The standard InChI is InChI=1S/C19H21N3O4S/c1-13(2)11-12-26-15-9-7-14(8-10-15)18(23)21-19(27)20-16-5-3-4-6-17(16)22(24)25/h3-10,13H,11-12H2,1-2H3,(H2,20,21,23,27). The van der Waals surface area contributed by atoms with E-state index in [1.54, 1.807) is 36.4 Å². The van der Waals surface area contributed by atoms with Crippen LogP contribution < -0.4 is 15.4 Å². The summed E-state index contributed by atoms with van der Waals surface area (Å²) >= 11 is 5.08. The van der Waals surface area contributed by atoms with Crippen LogP contribution in [0.15, 0.2) is 48.5 Å². The molecule has 2 N–H and O–H groups in total. The molecule has 142 valence electrons. The third kappa shape index (κ3) is 6.34. The molecule has 0 aliphatic rings. The van der Waals surface area contributed by atoms with Gasteiger partial charge in [-0.2, -0.15) is 0 Å². The van der Waals surface area contributed by atoms with Crippen molar-refractivity contribution in [3.8, 4) is 5.75 Å². The molecule has 7 nitrogen and oxygen atoms in total. The summed E-state index contributed by atoms with van der Waals surface area (Å²) in [4.78, 5) is 22.8. The first kappa shape index (κ1) is 20.3. The monoisotopic (exact) mass is 387 g/mol. The molecule has 1 amide bonds. The van der Waals surface area contributed by atoms with Crippen LogP contribution >= 0.6 is 12.2 Å². The van der Waals surface area contributed by atoms with Crippen LogP contribution in [-0.2, 0) is 0 Å². The number of ether oxygens (including phenoxy) is 1. The summed E-state index contributed by atoms with van der Waals surface area (Å²) in [6.45, 7) is 4.86. The van der Waals surface area contributed by atoms with E-state index in [4.69, 9.17) is 17.0 Å². The molecule has 0 saturated carbocycles. The number of carbonyl (C=O) groups is 1. The van der Waals surface area contributed by atoms with Gasteiger partial charge in [0.05, 0.1) is 11.5 Å². The highest BCUT2D eigenvalue weighted by Crippen LogP contribution is 2.23. The lowest BCUT2D eigenvalue weighted by molar-refractivity contribution is -0.383. The predicted octanol–water partition coefficient (Wildman–Crippen LogP) is 4.15. The molecular formula is C19H21N3O4S. The van der Waals surface area contributed by atoms with E-state index < -0.39 is 10.8 Å². The molecule has 0 saturated heterocycles. The highest BCUT2D eigenvalue weighted by molar-refractivity contribution is 7.80. The van der Waals surface area contributed by atoms with Gasteiger partial charge in [0, 0.05) is 11.6 Å². The highest BCUT2D eigenvalue weighted by Gasteiger charge is 2.15. The topological polar surface area (TPSA) is 93.5 Å². The summed E-state index contributed by atoms with van der Waals surface area (Å²) in [5, 5.41) is 16.2. The van der Waals surface area contributed by atoms with Crippen molar-refractivity contribution < 1.29 is 14.5 Å². The largest absolute Gasteiger partial charge is 0.494 e. The van der Waals surface area contributed by atoms with Crippen LogP contribution in [0.25, 0.3) is 0 Å². The van der Waals surface area contributed by atoms with E-state index in [1.165, 1.54) is 12.1 Å². The molecule has 0 atom stereocenters. The number of para-hydroxylation sites is 2. The van der Waals surface area contributed by atoms with Gasteiger partial charge in [-0.3, -0.25) is 20.2 Å². The molecule has 8 heteroatoms. The van der Waals surface area contributed by atoms with Crippen LogP contribution in [0.4, 0.5) is 11.4 Å². The molecule has 0 aliphatic carbocycles. The van der Waals surface area contributed by atoms with Gasteiger partial charge in [0.25, 0.3) is 11.6 Å². The fraction of sp³-hybridized carbons (Fsp3) is 0.263. The number of rotatable bonds is 7. The zero-order valence-electron chi connectivity index (χ0n) is 15.1. The van der Waals surface area contributed by atoms with Crippen LogP contribution in [-0.4, -0.2) is 22.5 Å². The Bertz CT molecular complexity index is 822. The first-order chi connectivity index (χ1) is 12.9. The summed E-state index contributed by atoms with van der Waals surface area (Å²) in [5.74, 6) is 0.830. The second kappa shape index (κ2) is 9.63. The van der Waals surface area contributed by atoms with Crippen LogP contribution in [0.5, 0.6) is 5.75 Å². The third-order valence-corrected chi connectivity index (χ3v) is 3.86. The van der Waals surface area contributed by atoms with E-state index in [0.29, 0.717) is 23.8 Å². The van der Waals surface area contributed by atoms with Gasteiger partial charge < -0.3 is 10.1 Å². The lowest BCUT2D eigenvalue weighted by Gasteiger charge is -2.11. The zero-order chi connectivity index (χ0) is 19.8. The Morgan fingerprint density at radius 1 is 1.19 bits per heavy atom. The Kier molecular flexibility index (Phi) is 7.25. The molecule has 0 spiro atoms. The Morgan fingerprint density at radius 3 is 2.48 bits per heavy atom. The average Bonchev–Trinajstić information content (AvgIpc) is 2.62. The molecule has 27 heavy (non-hydrogen) atoms. The first-order valence-electron chi connectivity index (χ1n) is 8.45. The second-order valence-corrected chi connectivity index (χ2v) is 6.65. The normalized spacial score (nSPS) is 10.3. The first-order valence-corrected chi connectivity index (χ1v) is 8.86. The summed E-state index contributed by atoms with van der Waals surface area (Å²) in [7, 11) is 0. The summed E-state index contributed by atoms with van der Waals surface area (Å²) in [5.41, 5.74) is 0.483. The minimum absolute atomic E-state index is 0.0217. The number of carbonyl (C=O) groups excluding carboxylic acids is 1. The van der Waals surface area contributed by atoms with Crippen molar-refractivity contribution >= 4 is 34.6 Å². The highest BCUT2D eigenvalue weighted by atomic mass is 32.1. The Morgan fingerprint density at radius 2 is 1.85 bits per heavy atom. The number of benzene rings is 2. The molecule has 0 aliphatic heterocycles. The Labute approximate surface area is 162 Å². The number of hydrogen-bond donors (Lipinski definition) is 2. The van der Waals surface area contributed by atoms with E-state index in [-0.39, 0.29) is 16.5 Å². The van der Waals surface area contributed by atoms with E-state index in [2.05, 4.69) is 24.5 Å². The number of nitro groups is 1. The van der Waals surface area contributed by atoms with Crippen molar-refractivity contribution in [3.63, 3.8) is 0 Å². The molecule has 0 unspecified atom stereocenters. The van der Waals surface area contributed by atoms with E-state index in [0.717, 1.165) is 6.42 Å². The van der Waals surface area contributed by atoms with Gasteiger partial charge in [0.2, 0.25) is 0 Å². The minimum Gasteiger partial charge on any atom is -0.494 e. The van der Waals surface area contributed by atoms with Gasteiger partial charge in [-0.05, 0) is 54.9 Å². The maximum atomic E-state index is 12.3. The molecule has 0 aromatic heterocycles. The van der Waals surface area contributed by atoms with Crippen LogP contribution in [0.3, 0.4) is 0 Å². The number of anilines is 1. The quantitative estimate of drug-likeness (QED) is 0.421. The van der Waals surface area contributed by atoms with Crippen molar-refractivity contribution in [3.05, 3.63) is 64.2 Å². The van der Waals surface area contributed by atoms with Crippen molar-refractivity contribution in [2.75, 3.05) is 11.9 Å². The van der Waals surface area contributed by atoms with E-state index in [1.807, 2.05) is 0 Å². The molecule has 2 aromatic carbocycles. The van der Waals surface area contributed by atoms with Crippen molar-refractivity contribution in [2.45, 2.75) is 20.3 Å². The van der Waals surface area contributed by atoms with E-state index >= 15 is 0 Å². The fourth-order valence-corrected chi connectivity index (χ4v) is 2.39. The van der Waals surface area contributed by atoms with Gasteiger partial charge in [0.15, 0.2) is 5.11 Å². The molecule has 0 bridgehead atoms. The Hall–Kier alpha value is -3.00. The van der Waals surface area contributed by atoms with Crippen LogP contribution in [0.1, 0.15) is 30.6 Å². The third-order valence-electron chi connectivity index (χ3n) is 3.66. The number of hydrogen-bond acceptors (Lipinski definition) is 5. The lowest BCUT2D eigenvalue weighted by Crippen LogP contribution is -2.34. The number of nitro benzene ring substituents is 1. The fourth-order valence-electron chi connectivity index (χ4n) is 2.18. The number of nitrogens with zero attached hydrogens (tertiary/aromatic N) is 1. The maximum absolute atomic E-state index is 12.3. The summed E-state index contributed by atoms with van der Waals surface area (Å²) < 4.78 is 5.61. The van der Waals surface area contributed by atoms with E-state index in [9.17, 15) is 14.9 Å². The molecule has 0 fully saturated rings. The molecule has 0 heterocycles. The van der Waals surface area contributed by atoms with Gasteiger partial charge in [0.1, 0.15) is 11.4 Å². The summed E-state index contributed by atoms with van der Waals surface area (Å²) in [6.07, 6.45) is 0.952. The van der Waals surface area contributed by atoms with Gasteiger partial charge in [-0.1, -0.05) is 26.0 Å². The minimum atomic E-state index is -0.523. The Balaban J connectivity index is 1.93. The molecule has 0 radical (unpaired) electrons. The molecule has 2 aromatic rings. The predicted molar refractivity (Wildman–Crippen MR) is 108 cm³/mol. The average molecular weight is 387 g/mol. The maximum Gasteiger partial charge on any atom is 0.292 e. The number of thiocarbonyl (C=S) groups is 1. The van der Waals surface area contributed by atoms with Crippen molar-refractivity contribution in [2.24, 2.45) is 5.92 Å². The van der Waals surface area contributed by atoms with Crippen LogP contribution in [0.2, 0.25) is 0 Å². The molecule has 2 rings (SSSR count). The van der Waals surface area contributed by atoms with Crippen molar-refractivity contribution in [1.29, 1.82) is 0 Å². The number of nitrogens with one attached hydrogen (secondary N) is 2. The smallest absolute Gasteiger partial charge is 0.292 e. The van der Waals surface area contributed by atoms with Crippen LogP contribution in [0, 0.1) is 16.0 Å². The lowest BCUT2D eigenvalue weighted by atomic mass is 10.1. The van der Waals surface area contributed by atoms with Crippen molar-refractivity contribution in [1.82, 2.24) is 5.32 Å². The second-order valence-electron chi connectivity index (χ2n) is 6.24. The summed E-state index contributed by atoms with van der Waals surface area (Å²) in [6, 6.07) is 12.8. The van der Waals surface area contributed by atoms with Gasteiger partial charge in [-0.25, -0.2) is 0 Å².